The molecule has 1 amide bonds. The smallest absolute Gasteiger partial charge is 0.256 e. The molecular weight excluding hydrogens is 379 g/mol. The van der Waals surface area contributed by atoms with Crippen LogP contribution in [0.3, 0.4) is 0 Å². The standard InChI is InChI=1S/C24H29FN4O/c1-15(2)28(5)23(30)19-8-18(25)6-7-20(19)29-12-17(9-24(4)13-27-14-24)22-16(3)10-26-11-21(22)29/h6-8,10-12,15,27H,9,13-14H2,1-5H3. The van der Waals surface area contributed by atoms with E-state index in [0.29, 0.717) is 11.3 Å². The Morgan fingerprint density at radius 3 is 2.70 bits per heavy atom. The molecule has 3 heterocycles. The second-order valence-corrected chi connectivity index (χ2v) is 9.14. The summed E-state index contributed by atoms with van der Waals surface area (Å²) in [6, 6.07) is 4.45. The van der Waals surface area contributed by atoms with Gasteiger partial charge < -0.3 is 14.8 Å². The predicted molar refractivity (Wildman–Crippen MR) is 118 cm³/mol. The molecule has 30 heavy (non-hydrogen) atoms. The van der Waals surface area contributed by atoms with E-state index in [2.05, 4.69) is 30.3 Å². The zero-order valence-electron chi connectivity index (χ0n) is 18.3. The molecule has 3 aromatic rings. The average Bonchev–Trinajstić information content (AvgIpc) is 3.04. The molecule has 0 spiro atoms. The van der Waals surface area contributed by atoms with Crippen LogP contribution >= 0.6 is 0 Å². The van der Waals surface area contributed by atoms with Gasteiger partial charge in [-0.05, 0) is 61.9 Å². The average molecular weight is 409 g/mol. The minimum atomic E-state index is -0.418. The highest BCUT2D eigenvalue weighted by Gasteiger charge is 2.33. The molecule has 0 unspecified atom stereocenters. The number of nitrogens with zero attached hydrogens (tertiary/aromatic N) is 3. The summed E-state index contributed by atoms with van der Waals surface area (Å²) in [5, 5.41) is 4.53. The Morgan fingerprint density at radius 2 is 2.07 bits per heavy atom. The van der Waals surface area contributed by atoms with Gasteiger partial charge in [0.05, 0.1) is 23.0 Å². The maximum absolute atomic E-state index is 14.1. The SMILES string of the molecule is Cc1cncc2c1c(CC1(C)CNC1)cn2-c1ccc(F)cc1C(=O)N(C)C(C)C. The van der Waals surface area contributed by atoms with E-state index >= 15 is 0 Å². The van der Waals surface area contributed by atoms with Crippen LogP contribution in [0.2, 0.25) is 0 Å². The summed E-state index contributed by atoms with van der Waals surface area (Å²) in [5.41, 5.74) is 4.52. The molecule has 4 rings (SSSR count). The highest BCUT2D eigenvalue weighted by molar-refractivity contribution is 5.99. The number of aromatic nitrogens is 2. The molecule has 5 nitrogen and oxygen atoms in total. The summed E-state index contributed by atoms with van der Waals surface area (Å²) >= 11 is 0. The van der Waals surface area contributed by atoms with Crippen molar-refractivity contribution < 1.29 is 9.18 Å². The molecule has 1 N–H and O–H groups in total. The van der Waals surface area contributed by atoms with Crippen LogP contribution in [-0.4, -0.2) is 46.5 Å². The third-order valence-electron chi connectivity index (χ3n) is 6.25. The Bertz CT molecular complexity index is 1110. The Labute approximate surface area is 176 Å². The van der Waals surface area contributed by atoms with E-state index in [1.165, 1.54) is 17.7 Å². The van der Waals surface area contributed by atoms with Crippen molar-refractivity contribution in [3.8, 4) is 5.69 Å². The quantitative estimate of drug-likeness (QED) is 0.691. The van der Waals surface area contributed by atoms with Gasteiger partial charge in [-0.25, -0.2) is 4.39 Å². The van der Waals surface area contributed by atoms with Crippen molar-refractivity contribution >= 4 is 16.8 Å². The normalized spacial score (nSPS) is 15.4. The highest BCUT2D eigenvalue weighted by Crippen LogP contribution is 2.34. The van der Waals surface area contributed by atoms with Gasteiger partial charge in [0, 0.05) is 44.0 Å². The lowest BCUT2D eigenvalue weighted by Crippen LogP contribution is -2.52. The second kappa shape index (κ2) is 7.51. The summed E-state index contributed by atoms with van der Waals surface area (Å²) < 4.78 is 16.1. The van der Waals surface area contributed by atoms with Gasteiger partial charge in [0.1, 0.15) is 5.82 Å². The monoisotopic (exact) mass is 408 g/mol. The number of pyridine rings is 1. The van der Waals surface area contributed by atoms with E-state index in [1.54, 1.807) is 18.0 Å². The summed E-state index contributed by atoms with van der Waals surface area (Å²) in [6.07, 6.45) is 6.74. The maximum atomic E-state index is 14.1. The number of rotatable bonds is 5. The van der Waals surface area contributed by atoms with Gasteiger partial charge in [0.15, 0.2) is 0 Å². The molecule has 1 aliphatic rings. The first-order chi connectivity index (χ1) is 14.2. The van der Waals surface area contributed by atoms with Crippen molar-refractivity contribution in [3.63, 3.8) is 0 Å². The van der Waals surface area contributed by atoms with E-state index in [9.17, 15) is 9.18 Å². The van der Waals surface area contributed by atoms with E-state index < -0.39 is 5.82 Å². The van der Waals surface area contributed by atoms with Gasteiger partial charge in [-0.1, -0.05) is 6.92 Å². The molecule has 0 saturated carbocycles. The zero-order valence-corrected chi connectivity index (χ0v) is 18.3. The first-order valence-corrected chi connectivity index (χ1v) is 10.4. The summed E-state index contributed by atoms with van der Waals surface area (Å²) in [5.74, 6) is -0.614. The highest BCUT2D eigenvalue weighted by atomic mass is 19.1. The molecule has 0 bridgehead atoms. The first kappa shape index (κ1) is 20.5. The van der Waals surface area contributed by atoms with E-state index in [0.717, 1.165) is 36.0 Å². The van der Waals surface area contributed by atoms with Gasteiger partial charge in [-0.15, -0.1) is 0 Å². The van der Waals surface area contributed by atoms with Gasteiger partial charge in [-0.3, -0.25) is 9.78 Å². The van der Waals surface area contributed by atoms with Gasteiger partial charge >= 0.3 is 0 Å². The minimum absolute atomic E-state index is 0.0144. The number of halogens is 1. The molecule has 2 aromatic heterocycles. The molecule has 6 heteroatoms. The van der Waals surface area contributed by atoms with Crippen LogP contribution in [0.1, 0.15) is 42.3 Å². The van der Waals surface area contributed by atoms with Crippen molar-refractivity contribution in [2.24, 2.45) is 5.41 Å². The molecule has 0 radical (unpaired) electrons. The number of carbonyl (C=O) groups excluding carboxylic acids is 1. The molecule has 1 saturated heterocycles. The lowest BCUT2D eigenvalue weighted by Gasteiger charge is -2.39. The van der Waals surface area contributed by atoms with Crippen LogP contribution in [0.5, 0.6) is 0 Å². The third kappa shape index (κ3) is 3.49. The fourth-order valence-corrected chi connectivity index (χ4v) is 4.23. The Morgan fingerprint density at radius 1 is 1.33 bits per heavy atom. The Kier molecular flexibility index (Phi) is 5.14. The van der Waals surface area contributed by atoms with E-state index in [-0.39, 0.29) is 17.4 Å². The van der Waals surface area contributed by atoms with Crippen molar-refractivity contribution in [1.29, 1.82) is 0 Å². The Balaban J connectivity index is 1.90. The number of benzene rings is 1. The van der Waals surface area contributed by atoms with Crippen LogP contribution in [0, 0.1) is 18.2 Å². The topological polar surface area (TPSA) is 50.2 Å². The zero-order chi connectivity index (χ0) is 21.6. The molecule has 1 aromatic carbocycles. The van der Waals surface area contributed by atoms with Crippen molar-refractivity contribution in [1.82, 2.24) is 19.8 Å². The van der Waals surface area contributed by atoms with Crippen LogP contribution < -0.4 is 5.32 Å². The van der Waals surface area contributed by atoms with Crippen LogP contribution in [-0.2, 0) is 6.42 Å². The predicted octanol–water partition coefficient (Wildman–Crippen LogP) is 4.11. The van der Waals surface area contributed by atoms with Crippen molar-refractivity contribution in [2.75, 3.05) is 20.1 Å². The van der Waals surface area contributed by atoms with Crippen LogP contribution in [0.15, 0.2) is 36.8 Å². The van der Waals surface area contributed by atoms with Gasteiger partial charge in [0.25, 0.3) is 5.91 Å². The lowest BCUT2D eigenvalue weighted by molar-refractivity contribution is 0.0754. The molecule has 0 atom stereocenters. The van der Waals surface area contributed by atoms with E-state index in [4.69, 9.17) is 0 Å². The maximum Gasteiger partial charge on any atom is 0.256 e. The Hall–Kier alpha value is -2.73. The van der Waals surface area contributed by atoms with Crippen molar-refractivity contribution in [2.45, 2.75) is 40.2 Å². The minimum Gasteiger partial charge on any atom is -0.339 e. The second-order valence-electron chi connectivity index (χ2n) is 9.14. The summed E-state index contributed by atoms with van der Waals surface area (Å²) in [4.78, 5) is 19.2. The fourth-order valence-electron chi connectivity index (χ4n) is 4.23. The number of aryl methyl sites for hydroxylation is 1. The fraction of sp³-hybridized carbons (Fsp3) is 0.417. The van der Waals surface area contributed by atoms with Gasteiger partial charge in [-0.2, -0.15) is 0 Å². The number of amides is 1. The number of carbonyl (C=O) groups is 1. The van der Waals surface area contributed by atoms with E-state index in [1.807, 2.05) is 30.8 Å². The molecule has 1 aliphatic heterocycles. The summed E-state index contributed by atoms with van der Waals surface area (Å²) in [7, 11) is 1.75. The molecule has 158 valence electrons. The number of hydrogen-bond acceptors (Lipinski definition) is 3. The number of hydrogen-bond donors (Lipinski definition) is 1. The third-order valence-corrected chi connectivity index (χ3v) is 6.25. The largest absolute Gasteiger partial charge is 0.339 e. The van der Waals surface area contributed by atoms with Crippen molar-refractivity contribution in [3.05, 3.63) is 59.3 Å². The molecule has 0 aliphatic carbocycles. The summed E-state index contributed by atoms with van der Waals surface area (Å²) in [6.45, 7) is 10.2. The lowest BCUT2D eigenvalue weighted by atomic mass is 9.78. The first-order valence-electron chi connectivity index (χ1n) is 10.4. The number of fused-ring (bicyclic) bond motifs is 1. The van der Waals surface area contributed by atoms with Crippen LogP contribution in [0.4, 0.5) is 4.39 Å². The number of nitrogens with one attached hydrogen (secondary N) is 1. The van der Waals surface area contributed by atoms with Crippen LogP contribution in [0.25, 0.3) is 16.6 Å². The van der Waals surface area contributed by atoms with Gasteiger partial charge in [0.2, 0.25) is 0 Å². The molecular formula is C24H29FN4O. The molecule has 1 fully saturated rings.